The van der Waals surface area contributed by atoms with Gasteiger partial charge in [0.1, 0.15) is 12.4 Å². The SMILES string of the molecule is CCC(C)NC(=O)Cn1c(=O)n(-c2ccccc2F)c(=O)c2ccc(Cl)cc21. The van der Waals surface area contributed by atoms with Crippen molar-refractivity contribution in [3.63, 3.8) is 0 Å². The third-order valence-corrected chi connectivity index (χ3v) is 4.76. The molecule has 146 valence electrons. The summed E-state index contributed by atoms with van der Waals surface area (Å²) in [5, 5.41) is 3.24. The van der Waals surface area contributed by atoms with Crippen LogP contribution in [0.2, 0.25) is 5.02 Å². The van der Waals surface area contributed by atoms with E-state index in [0.717, 1.165) is 21.6 Å². The van der Waals surface area contributed by atoms with Gasteiger partial charge in [-0.1, -0.05) is 30.7 Å². The number of para-hydroxylation sites is 1. The van der Waals surface area contributed by atoms with Crippen molar-refractivity contribution in [1.82, 2.24) is 14.5 Å². The summed E-state index contributed by atoms with van der Waals surface area (Å²) in [6.45, 7) is 3.44. The van der Waals surface area contributed by atoms with Crippen molar-refractivity contribution in [2.24, 2.45) is 0 Å². The Bertz CT molecular complexity index is 1170. The molecule has 0 aliphatic heterocycles. The lowest BCUT2D eigenvalue weighted by Gasteiger charge is -2.16. The molecule has 3 aromatic rings. The summed E-state index contributed by atoms with van der Waals surface area (Å²) in [5.74, 6) is -1.11. The van der Waals surface area contributed by atoms with Crippen LogP contribution in [0.4, 0.5) is 4.39 Å². The Balaban J connectivity index is 2.28. The number of carbonyl (C=O) groups is 1. The molecule has 6 nitrogen and oxygen atoms in total. The van der Waals surface area contributed by atoms with Gasteiger partial charge < -0.3 is 5.32 Å². The lowest BCUT2D eigenvalue weighted by Crippen LogP contribution is -2.43. The van der Waals surface area contributed by atoms with E-state index in [1.54, 1.807) is 0 Å². The first kappa shape index (κ1) is 19.8. The van der Waals surface area contributed by atoms with Gasteiger partial charge in [-0.15, -0.1) is 0 Å². The maximum atomic E-state index is 14.3. The molecule has 0 saturated carbocycles. The van der Waals surface area contributed by atoms with Crippen LogP contribution in [0.15, 0.2) is 52.1 Å². The number of nitrogens with zero attached hydrogens (tertiary/aromatic N) is 2. The quantitative estimate of drug-likeness (QED) is 0.712. The summed E-state index contributed by atoms with van der Waals surface area (Å²) in [6.07, 6.45) is 0.724. The molecule has 3 rings (SSSR count). The fourth-order valence-corrected chi connectivity index (χ4v) is 3.07. The minimum atomic E-state index is -0.816. The average molecular weight is 404 g/mol. The average Bonchev–Trinajstić information content (AvgIpc) is 2.66. The third kappa shape index (κ3) is 3.71. The molecule has 1 aromatic heterocycles. The zero-order chi connectivity index (χ0) is 20.4. The second kappa shape index (κ2) is 7.98. The molecule has 1 N–H and O–H groups in total. The summed E-state index contributed by atoms with van der Waals surface area (Å²) in [7, 11) is 0. The molecule has 0 saturated heterocycles. The number of nitrogens with one attached hydrogen (secondary N) is 1. The van der Waals surface area contributed by atoms with E-state index in [-0.39, 0.29) is 29.2 Å². The molecule has 0 aliphatic rings. The van der Waals surface area contributed by atoms with Gasteiger partial charge in [0.05, 0.1) is 16.6 Å². The Morgan fingerprint density at radius 1 is 1.21 bits per heavy atom. The fourth-order valence-electron chi connectivity index (χ4n) is 2.90. The van der Waals surface area contributed by atoms with E-state index >= 15 is 0 Å². The molecular weight excluding hydrogens is 385 g/mol. The van der Waals surface area contributed by atoms with Crippen molar-refractivity contribution in [1.29, 1.82) is 0 Å². The Morgan fingerprint density at radius 3 is 2.61 bits per heavy atom. The Kier molecular flexibility index (Phi) is 5.65. The molecule has 0 aliphatic carbocycles. The van der Waals surface area contributed by atoms with E-state index < -0.39 is 23.0 Å². The largest absolute Gasteiger partial charge is 0.352 e. The Hall–Kier alpha value is -2.93. The monoisotopic (exact) mass is 403 g/mol. The molecule has 28 heavy (non-hydrogen) atoms. The van der Waals surface area contributed by atoms with Crippen LogP contribution in [0.3, 0.4) is 0 Å². The number of hydrogen-bond donors (Lipinski definition) is 1. The zero-order valence-electron chi connectivity index (χ0n) is 15.4. The van der Waals surface area contributed by atoms with E-state index in [9.17, 15) is 18.8 Å². The predicted octanol–water partition coefficient (Wildman–Crippen LogP) is 2.86. The zero-order valence-corrected chi connectivity index (χ0v) is 16.2. The van der Waals surface area contributed by atoms with Gasteiger partial charge >= 0.3 is 5.69 Å². The minimum Gasteiger partial charge on any atom is -0.352 e. The first-order valence-corrected chi connectivity index (χ1v) is 9.20. The van der Waals surface area contributed by atoms with E-state index in [4.69, 9.17) is 11.6 Å². The number of carbonyl (C=O) groups excluding carboxylic acids is 1. The van der Waals surface area contributed by atoms with Gasteiger partial charge in [0, 0.05) is 11.1 Å². The van der Waals surface area contributed by atoms with Gasteiger partial charge in [-0.2, -0.15) is 0 Å². The summed E-state index contributed by atoms with van der Waals surface area (Å²) < 4.78 is 16.2. The molecule has 0 fully saturated rings. The van der Waals surface area contributed by atoms with E-state index in [1.165, 1.54) is 36.4 Å². The molecule has 1 unspecified atom stereocenters. The normalized spacial score (nSPS) is 12.1. The number of benzene rings is 2. The van der Waals surface area contributed by atoms with Crippen LogP contribution in [-0.2, 0) is 11.3 Å². The number of halogens is 2. The Morgan fingerprint density at radius 2 is 1.93 bits per heavy atom. The molecule has 1 amide bonds. The fraction of sp³-hybridized carbons (Fsp3) is 0.250. The first-order chi connectivity index (χ1) is 13.3. The summed E-state index contributed by atoms with van der Waals surface area (Å²) >= 11 is 6.04. The first-order valence-electron chi connectivity index (χ1n) is 8.82. The van der Waals surface area contributed by atoms with E-state index in [1.807, 2.05) is 13.8 Å². The highest BCUT2D eigenvalue weighted by Gasteiger charge is 2.19. The second-order valence-electron chi connectivity index (χ2n) is 6.50. The maximum Gasteiger partial charge on any atom is 0.336 e. The number of hydrogen-bond acceptors (Lipinski definition) is 3. The van der Waals surface area contributed by atoms with Gasteiger partial charge in [-0.25, -0.2) is 13.8 Å². The van der Waals surface area contributed by atoms with Gasteiger partial charge in [0.2, 0.25) is 5.91 Å². The van der Waals surface area contributed by atoms with Crippen LogP contribution < -0.4 is 16.6 Å². The van der Waals surface area contributed by atoms with Crippen LogP contribution in [0, 0.1) is 5.82 Å². The molecule has 0 radical (unpaired) electrons. The van der Waals surface area contributed by atoms with Gasteiger partial charge in [0.15, 0.2) is 0 Å². The number of aromatic nitrogens is 2. The minimum absolute atomic E-state index is 0.0736. The lowest BCUT2D eigenvalue weighted by atomic mass is 10.2. The lowest BCUT2D eigenvalue weighted by molar-refractivity contribution is -0.122. The van der Waals surface area contributed by atoms with Crippen LogP contribution in [0.5, 0.6) is 0 Å². The van der Waals surface area contributed by atoms with Crippen molar-refractivity contribution < 1.29 is 9.18 Å². The van der Waals surface area contributed by atoms with Crippen LogP contribution >= 0.6 is 11.6 Å². The summed E-state index contributed by atoms with van der Waals surface area (Å²) in [4.78, 5) is 38.4. The standard InChI is InChI=1S/C20H19ClFN3O3/c1-3-12(2)23-18(26)11-24-17-10-13(21)8-9-14(17)19(27)25(20(24)28)16-7-5-4-6-15(16)22/h4-10,12H,3,11H2,1-2H3,(H,23,26). The highest BCUT2D eigenvalue weighted by Crippen LogP contribution is 2.17. The molecule has 0 spiro atoms. The van der Waals surface area contributed by atoms with E-state index in [0.29, 0.717) is 5.02 Å². The topological polar surface area (TPSA) is 73.1 Å². The maximum absolute atomic E-state index is 14.3. The van der Waals surface area contributed by atoms with Crippen LogP contribution in [0.1, 0.15) is 20.3 Å². The highest BCUT2D eigenvalue weighted by atomic mass is 35.5. The van der Waals surface area contributed by atoms with Gasteiger partial charge in [-0.3, -0.25) is 14.2 Å². The van der Waals surface area contributed by atoms with Crippen LogP contribution in [-0.4, -0.2) is 21.1 Å². The van der Waals surface area contributed by atoms with Crippen molar-refractivity contribution in [3.8, 4) is 5.69 Å². The number of amides is 1. The molecule has 2 aromatic carbocycles. The van der Waals surface area contributed by atoms with Crippen molar-refractivity contribution >= 4 is 28.4 Å². The predicted molar refractivity (Wildman–Crippen MR) is 107 cm³/mol. The van der Waals surface area contributed by atoms with Crippen molar-refractivity contribution in [2.45, 2.75) is 32.9 Å². The molecular formula is C20H19ClFN3O3. The van der Waals surface area contributed by atoms with Gasteiger partial charge in [0.25, 0.3) is 5.56 Å². The third-order valence-electron chi connectivity index (χ3n) is 4.52. The van der Waals surface area contributed by atoms with Gasteiger partial charge in [-0.05, 0) is 43.7 Å². The summed E-state index contributed by atoms with van der Waals surface area (Å²) in [6, 6.07) is 9.82. The highest BCUT2D eigenvalue weighted by molar-refractivity contribution is 6.31. The van der Waals surface area contributed by atoms with Crippen molar-refractivity contribution in [3.05, 3.63) is 74.1 Å². The Labute approximate surface area is 165 Å². The second-order valence-corrected chi connectivity index (χ2v) is 6.94. The molecule has 1 heterocycles. The van der Waals surface area contributed by atoms with Crippen LogP contribution in [0.25, 0.3) is 16.6 Å². The number of fused-ring (bicyclic) bond motifs is 1. The molecule has 1 atom stereocenters. The molecule has 8 heteroatoms. The van der Waals surface area contributed by atoms with E-state index in [2.05, 4.69) is 5.32 Å². The smallest absolute Gasteiger partial charge is 0.336 e. The van der Waals surface area contributed by atoms with Crippen molar-refractivity contribution in [2.75, 3.05) is 0 Å². The molecule has 0 bridgehead atoms. The summed E-state index contributed by atoms with van der Waals surface area (Å²) in [5.41, 5.74) is -1.45. The number of rotatable bonds is 5.